The summed E-state index contributed by atoms with van der Waals surface area (Å²) in [6.07, 6.45) is 5.40. The molecule has 0 fully saturated rings. The lowest BCUT2D eigenvalue weighted by Gasteiger charge is -2.12. The summed E-state index contributed by atoms with van der Waals surface area (Å²) in [6, 6.07) is 7.97. The quantitative estimate of drug-likeness (QED) is 0.484. The number of ether oxygens (including phenoxy) is 1. The van der Waals surface area contributed by atoms with Crippen molar-refractivity contribution >= 4 is 11.9 Å². The second kappa shape index (κ2) is 7.13. The Morgan fingerprint density at radius 3 is 2.67 bits per heavy atom. The molecule has 0 aliphatic heterocycles. The predicted octanol–water partition coefficient (Wildman–Crippen LogP) is 1.37. The van der Waals surface area contributed by atoms with Gasteiger partial charge < -0.3 is 10.1 Å². The number of carbonyl (C=O) groups excluding carboxylic acids is 2. The van der Waals surface area contributed by atoms with E-state index >= 15 is 0 Å². The second-order valence-corrected chi connectivity index (χ2v) is 3.68. The van der Waals surface area contributed by atoms with E-state index in [4.69, 9.17) is 11.2 Å². The summed E-state index contributed by atoms with van der Waals surface area (Å²) >= 11 is 0. The van der Waals surface area contributed by atoms with Gasteiger partial charge in [-0.25, -0.2) is 4.79 Å². The molecule has 0 aliphatic rings. The van der Waals surface area contributed by atoms with Crippen molar-refractivity contribution in [3.63, 3.8) is 0 Å². The molecule has 94 valence electrons. The number of benzene rings is 1. The van der Waals surface area contributed by atoms with Crippen LogP contribution in [-0.2, 0) is 9.53 Å². The number of nitrogens with one attached hydrogen (secondary N) is 1. The molecule has 0 aromatic heterocycles. The van der Waals surface area contributed by atoms with E-state index in [-0.39, 0.29) is 12.5 Å². The van der Waals surface area contributed by atoms with Crippen LogP contribution in [0.1, 0.15) is 23.7 Å². The van der Waals surface area contributed by atoms with Crippen LogP contribution in [0, 0.1) is 12.3 Å². The monoisotopic (exact) mass is 245 g/mol. The van der Waals surface area contributed by atoms with E-state index in [1.807, 2.05) is 6.07 Å². The van der Waals surface area contributed by atoms with Crippen molar-refractivity contribution in [3.8, 4) is 12.3 Å². The van der Waals surface area contributed by atoms with E-state index in [1.54, 1.807) is 31.2 Å². The molecule has 1 aromatic carbocycles. The van der Waals surface area contributed by atoms with Gasteiger partial charge in [0.25, 0.3) is 5.91 Å². The van der Waals surface area contributed by atoms with Gasteiger partial charge in [0.1, 0.15) is 12.6 Å². The zero-order valence-corrected chi connectivity index (χ0v) is 10.2. The first-order chi connectivity index (χ1) is 8.65. The van der Waals surface area contributed by atoms with Crippen molar-refractivity contribution in [1.29, 1.82) is 0 Å². The largest absolute Gasteiger partial charge is 0.463 e. The molecular weight excluding hydrogens is 230 g/mol. The molecule has 0 saturated heterocycles. The standard InChI is InChI=1S/C14H15NO3/c1-3-4-10-18-14(17)11(2)15-13(16)12-8-6-5-7-9-12/h1,5-9,11H,4,10H2,2H3,(H,15,16)/t11-/m1/s1. The summed E-state index contributed by atoms with van der Waals surface area (Å²) < 4.78 is 4.88. The highest BCUT2D eigenvalue weighted by molar-refractivity contribution is 5.96. The maximum absolute atomic E-state index is 11.7. The Labute approximate surface area is 106 Å². The van der Waals surface area contributed by atoms with Crippen molar-refractivity contribution in [1.82, 2.24) is 5.32 Å². The van der Waals surface area contributed by atoms with Crippen LogP contribution >= 0.6 is 0 Å². The summed E-state index contributed by atoms with van der Waals surface area (Å²) in [6.45, 7) is 1.74. The lowest BCUT2D eigenvalue weighted by molar-refractivity contribution is -0.145. The fraction of sp³-hybridized carbons (Fsp3) is 0.286. The van der Waals surface area contributed by atoms with E-state index in [1.165, 1.54) is 0 Å². The smallest absolute Gasteiger partial charge is 0.328 e. The third-order valence-corrected chi connectivity index (χ3v) is 2.23. The predicted molar refractivity (Wildman–Crippen MR) is 67.8 cm³/mol. The number of hydrogen-bond donors (Lipinski definition) is 1. The van der Waals surface area contributed by atoms with Crippen LogP contribution in [-0.4, -0.2) is 24.5 Å². The summed E-state index contributed by atoms with van der Waals surface area (Å²) in [5.41, 5.74) is 0.501. The van der Waals surface area contributed by atoms with E-state index in [0.29, 0.717) is 12.0 Å². The van der Waals surface area contributed by atoms with Gasteiger partial charge in [-0.3, -0.25) is 4.79 Å². The third kappa shape index (κ3) is 4.30. The molecule has 0 saturated carbocycles. The van der Waals surface area contributed by atoms with Crippen LogP contribution in [0.2, 0.25) is 0 Å². The molecule has 0 heterocycles. The van der Waals surface area contributed by atoms with Gasteiger partial charge in [-0.1, -0.05) is 18.2 Å². The van der Waals surface area contributed by atoms with Crippen LogP contribution < -0.4 is 5.32 Å². The number of amides is 1. The van der Waals surface area contributed by atoms with E-state index < -0.39 is 12.0 Å². The summed E-state index contributed by atoms with van der Waals surface area (Å²) in [4.78, 5) is 23.2. The van der Waals surface area contributed by atoms with Crippen LogP contribution in [0.5, 0.6) is 0 Å². The molecule has 0 unspecified atom stereocenters. The van der Waals surface area contributed by atoms with Crippen LogP contribution in [0.3, 0.4) is 0 Å². The number of terminal acetylenes is 1. The molecule has 1 aromatic rings. The number of carbonyl (C=O) groups is 2. The van der Waals surface area contributed by atoms with E-state index in [2.05, 4.69) is 11.2 Å². The Bertz CT molecular complexity index is 448. The maximum atomic E-state index is 11.7. The Hall–Kier alpha value is -2.28. The van der Waals surface area contributed by atoms with Gasteiger partial charge in [-0.2, -0.15) is 0 Å². The number of hydrogen-bond acceptors (Lipinski definition) is 3. The van der Waals surface area contributed by atoms with Crippen molar-refractivity contribution in [3.05, 3.63) is 35.9 Å². The van der Waals surface area contributed by atoms with Gasteiger partial charge in [0.05, 0.1) is 0 Å². The van der Waals surface area contributed by atoms with Gasteiger partial charge in [-0.05, 0) is 19.1 Å². The molecule has 4 nitrogen and oxygen atoms in total. The fourth-order valence-electron chi connectivity index (χ4n) is 1.26. The fourth-order valence-corrected chi connectivity index (χ4v) is 1.26. The average Bonchev–Trinajstić information content (AvgIpc) is 2.39. The van der Waals surface area contributed by atoms with Crippen molar-refractivity contribution < 1.29 is 14.3 Å². The number of rotatable bonds is 5. The Morgan fingerprint density at radius 1 is 1.39 bits per heavy atom. The Balaban J connectivity index is 2.45. The Kier molecular flexibility index (Phi) is 5.46. The minimum atomic E-state index is -0.699. The topological polar surface area (TPSA) is 55.4 Å². The molecular formula is C14H15NO3. The molecule has 18 heavy (non-hydrogen) atoms. The van der Waals surface area contributed by atoms with Crippen molar-refractivity contribution in [2.24, 2.45) is 0 Å². The first-order valence-corrected chi connectivity index (χ1v) is 5.61. The zero-order chi connectivity index (χ0) is 13.4. The first kappa shape index (κ1) is 13.8. The first-order valence-electron chi connectivity index (χ1n) is 5.61. The van der Waals surface area contributed by atoms with Gasteiger partial charge in [0, 0.05) is 12.0 Å². The molecule has 1 N–H and O–H groups in total. The molecule has 0 bridgehead atoms. The molecule has 0 aliphatic carbocycles. The highest BCUT2D eigenvalue weighted by Crippen LogP contribution is 1.99. The van der Waals surface area contributed by atoms with Crippen LogP contribution in [0.25, 0.3) is 0 Å². The highest BCUT2D eigenvalue weighted by atomic mass is 16.5. The summed E-state index contributed by atoms with van der Waals surface area (Å²) in [5, 5.41) is 2.56. The molecule has 1 amide bonds. The average molecular weight is 245 g/mol. The summed E-state index contributed by atoms with van der Waals surface area (Å²) in [5.74, 6) is 1.56. The van der Waals surface area contributed by atoms with E-state index in [0.717, 1.165) is 0 Å². The third-order valence-electron chi connectivity index (χ3n) is 2.23. The molecule has 0 spiro atoms. The zero-order valence-electron chi connectivity index (χ0n) is 10.2. The Morgan fingerprint density at radius 2 is 2.06 bits per heavy atom. The molecule has 1 rings (SSSR count). The lowest BCUT2D eigenvalue weighted by Crippen LogP contribution is -2.39. The van der Waals surface area contributed by atoms with Gasteiger partial charge >= 0.3 is 5.97 Å². The molecule has 0 radical (unpaired) electrons. The van der Waals surface area contributed by atoms with Gasteiger partial charge in [0.2, 0.25) is 0 Å². The highest BCUT2D eigenvalue weighted by Gasteiger charge is 2.17. The van der Waals surface area contributed by atoms with Gasteiger partial charge in [0.15, 0.2) is 0 Å². The maximum Gasteiger partial charge on any atom is 0.328 e. The van der Waals surface area contributed by atoms with E-state index in [9.17, 15) is 9.59 Å². The lowest BCUT2D eigenvalue weighted by atomic mass is 10.2. The van der Waals surface area contributed by atoms with Crippen LogP contribution in [0.4, 0.5) is 0 Å². The molecule has 1 atom stereocenters. The summed E-state index contributed by atoms with van der Waals surface area (Å²) in [7, 11) is 0. The number of esters is 1. The SMILES string of the molecule is C#CCCOC(=O)[C@@H](C)NC(=O)c1ccccc1. The van der Waals surface area contributed by atoms with Crippen molar-refractivity contribution in [2.75, 3.05) is 6.61 Å². The molecule has 4 heteroatoms. The minimum absolute atomic E-state index is 0.168. The normalized spacial score (nSPS) is 11.1. The van der Waals surface area contributed by atoms with Crippen molar-refractivity contribution in [2.45, 2.75) is 19.4 Å². The minimum Gasteiger partial charge on any atom is -0.463 e. The van der Waals surface area contributed by atoms with Gasteiger partial charge in [-0.15, -0.1) is 12.3 Å². The second-order valence-electron chi connectivity index (χ2n) is 3.68. The van der Waals surface area contributed by atoms with Crippen LogP contribution in [0.15, 0.2) is 30.3 Å².